The van der Waals surface area contributed by atoms with Gasteiger partial charge in [0.2, 0.25) is 0 Å². The summed E-state index contributed by atoms with van der Waals surface area (Å²) < 4.78 is 5.86. The highest BCUT2D eigenvalue weighted by Crippen LogP contribution is 2.21. The average Bonchev–Trinajstić information content (AvgIpc) is 2.54. The minimum Gasteiger partial charge on any atom is -0.489 e. The molecule has 0 amide bonds. The van der Waals surface area contributed by atoms with Crippen molar-refractivity contribution in [1.82, 2.24) is 9.88 Å². The number of hydrogen-bond donors (Lipinski definition) is 0. The maximum Gasteiger partial charge on any atom is 0.124 e. The van der Waals surface area contributed by atoms with Gasteiger partial charge in [-0.25, -0.2) is 0 Å². The molecule has 23 heavy (non-hydrogen) atoms. The Morgan fingerprint density at radius 2 is 1.96 bits per heavy atom. The molecule has 0 aliphatic carbocycles. The van der Waals surface area contributed by atoms with E-state index in [-0.39, 0.29) is 0 Å². The Hall–Kier alpha value is -2.13. The Morgan fingerprint density at radius 3 is 2.65 bits per heavy atom. The summed E-state index contributed by atoms with van der Waals surface area (Å²) in [6.45, 7) is 9.50. The lowest BCUT2D eigenvalue weighted by Crippen LogP contribution is -2.30. The van der Waals surface area contributed by atoms with Gasteiger partial charge in [0.25, 0.3) is 0 Å². The van der Waals surface area contributed by atoms with Crippen LogP contribution in [0.2, 0.25) is 0 Å². The fourth-order valence-electron chi connectivity index (χ4n) is 2.38. The number of rotatable bonds is 8. The van der Waals surface area contributed by atoms with E-state index in [1.54, 1.807) is 0 Å². The Kier molecular flexibility index (Phi) is 6.36. The lowest BCUT2D eigenvalue weighted by atomic mass is 10.1. The van der Waals surface area contributed by atoms with Crippen LogP contribution >= 0.6 is 0 Å². The van der Waals surface area contributed by atoms with Gasteiger partial charge in [-0.2, -0.15) is 0 Å². The Labute approximate surface area is 139 Å². The highest BCUT2D eigenvalue weighted by Gasteiger charge is 2.13. The Bertz CT molecular complexity index is 625. The van der Waals surface area contributed by atoms with Gasteiger partial charge < -0.3 is 4.74 Å². The third-order valence-electron chi connectivity index (χ3n) is 3.85. The van der Waals surface area contributed by atoms with Crippen LogP contribution in [0, 0.1) is 0 Å². The Morgan fingerprint density at radius 1 is 1.22 bits per heavy atom. The van der Waals surface area contributed by atoms with Gasteiger partial charge >= 0.3 is 0 Å². The summed E-state index contributed by atoms with van der Waals surface area (Å²) in [6.07, 6.45) is 2.79. The summed E-state index contributed by atoms with van der Waals surface area (Å²) in [5, 5.41) is 0. The average molecular weight is 310 g/mol. The van der Waals surface area contributed by atoms with E-state index in [4.69, 9.17) is 4.74 Å². The molecule has 0 saturated heterocycles. The fourth-order valence-corrected chi connectivity index (χ4v) is 2.38. The van der Waals surface area contributed by atoms with Crippen LogP contribution in [0.3, 0.4) is 0 Å². The third-order valence-corrected chi connectivity index (χ3v) is 3.85. The molecule has 2 aromatic rings. The number of hydrogen-bond acceptors (Lipinski definition) is 3. The lowest BCUT2D eigenvalue weighted by Gasteiger charge is -2.25. The van der Waals surface area contributed by atoms with Gasteiger partial charge in [-0.3, -0.25) is 9.88 Å². The van der Waals surface area contributed by atoms with Crippen molar-refractivity contribution in [3.8, 4) is 5.75 Å². The van der Waals surface area contributed by atoms with E-state index in [0.717, 1.165) is 30.0 Å². The molecule has 0 radical (unpaired) electrons. The van der Waals surface area contributed by atoms with Crippen LogP contribution in [-0.2, 0) is 13.0 Å². The second kappa shape index (κ2) is 8.49. The number of ether oxygens (including phenoxy) is 1. The largest absolute Gasteiger partial charge is 0.489 e. The van der Waals surface area contributed by atoms with Gasteiger partial charge in [0.05, 0.1) is 0 Å². The molecule has 0 aliphatic rings. The molecule has 1 aromatic carbocycles. The van der Waals surface area contributed by atoms with Crippen molar-refractivity contribution in [3.63, 3.8) is 0 Å². The molecule has 1 unspecified atom stereocenters. The smallest absolute Gasteiger partial charge is 0.124 e. The molecule has 1 aromatic heterocycles. The van der Waals surface area contributed by atoms with E-state index in [9.17, 15) is 0 Å². The molecule has 0 spiro atoms. The molecular weight excluding hydrogens is 284 g/mol. The van der Waals surface area contributed by atoms with Crippen molar-refractivity contribution in [2.75, 3.05) is 13.7 Å². The predicted octanol–water partition coefficient (Wildman–Crippen LogP) is 4.10. The molecule has 0 fully saturated rings. The van der Waals surface area contributed by atoms with Crippen LogP contribution in [0.25, 0.3) is 0 Å². The monoisotopic (exact) mass is 310 g/mol. The van der Waals surface area contributed by atoms with E-state index < -0.39 is 0 Å². The maximum absolute atomic E-state index is 5.86. The zero-order chi connectivity index (χ0) is 16.7. The van der Waals surface area contributed by atoms with Crippen LogP contribution in [0.15, 0.2) is 60.8 Å². The van der Waals surface area contributed by atoms with Crippen LogP contribution < -0.4 is 4.74 Å². The number of benzene rings is 1. The molecule has 1 heterocycles. The van der Waals surface area contributed by atoms with Gasteiger partial charge in [-0.05, 0) is 44.7 Å². The van der Waals surface area contributed by atoms with Crippen molar-refractivity contribution < 1.29 is 4.74 Å². The van der Waals surface area contributed by atoms with Crippen molar-refractivity contribution in [3.05, 3.63) is 72.1 Å². The van der Waals surface area contributed by atoms with Gasteiger partial charge in [0.15, 0.2) is 0 Å². The standard InChI is InChI=1S/C20H26N2O/c1-16(2)15-23-20-11-6-5-9-18(20)14-22(4)17(3)13-19-10-7-8-12-21-19/h5-12,17H,1,13-15H2,2-4H3. The maximum atomic E-state index is 5.86. The summed E-state index contributed by atoms with van der Waals surface area (Å²) >= 11 is 0. The summed E-state index contributed by atoms with van der Waals surface area (Å²) in [7, 11) is 2.14. The first-order valence-electron chi connectivity index (χ1n) is 8.01. The first-order valence-corrected chi connectivity index (χ1v) is 8.01. The third kappa shape index (κ3) is 5.53. The van der Waals surface area contributed by atoms with Crippen molar-refractivity contribution >= 4 is 0 Å². The number of aromatic nitrogens is 1. The molecule has 0 saturated carbocycles. The van der Waals surface area contributed by atoms with E-state index >= 15 is 0 Å². The zero-order valence-corrected chi connectivity index (χ0v) is 14.3. The van der Waals surface area contributed by atoms with Gasteiger partial charge in [-0.1, -0.05) is 30.8 Å². The topological polar surface area (TPSA) is 25.4 Å². The molecule has 0 bridgehead atoms. The highest BCUT2D eigenvalue weighted by atomic mass is 16.5. The first-order chi connectivity index (χ1) is 11.1. The molecule has 2 rings (SSSR count). The summed E-state index contributed by atoms with van der Waals surface area (Å²) in [5.74, 6) is 0.937. The summed E-state index contributed by atoms with van der Waals surface area (Å²) in [4.78, 5) is 6.74. The number of pyridine rings is 1. The molecule has 0 N–H and O–H groups in total. The summed E-state index contributed by atoms with van der Waals surface area (Å²) in [6, 6.07) is 14.7. The van der Waals surface area contributed by atoms with Crippen LogP contribution in [0.4, 0.5) is 0 Å². The normalized spacial score (nSPS) is 12.2. The fraction of sp³-hybridized carbons (Fsp3) is 0.350. The number of nitrogens with zero attached hydrogens (tertiary/aromatic N) is 2. The van der Waals surface area contributed by atoms with Crippen molar-refractivity contribution in [2.45, 2.75) is 32.9 Å². The predicted molar refractivity (Wildman–Crippen MR) is 95.6 cm³/mol. The van der Waals surface area contributed by atoms with Crippen molar-refractivity contribution in [1.29, 1.82) is 0 Å². The van der Waals surface area contributed by atoms with Crippen LogP contribution in [0.1, 0.15) is 25.1 Å². The van der Waals surface area contributed by atoms with Crippen molar-refractivity contribution in [2.24, 2.45) is 0 Å². The first kappa shape index (κ1) is 17.2. The van der Waals surface area contributed by atoms with E-state index in [0.29, 0.717) is 12.6 Å². The number of para-hydroxylation sites is 1. The van der Waals surface area contributed by atoms with Crippen LogP contribution in [0.5, 0.6) is 5.75 Å². The number of likely N-dealkylation sites (N-methyl/N-ethyl adjacent to an activating group) is 1. The molecule has 0 aliphatic heterocycles. The minimum absolute atomic E-state index is 0.402. The van der Waals surface area contributed by atoms with Gasteiger partial charge in [-0.15, -0.1) is 0 Å². The quantitative estimate of drug-likeness (QED) is 0.686. The Balaban J connectivity index is 1.99. The van der Waals surface area contributed by atoms with E-state index in [1.165, 1.54) is 5.56 Å². The SMILES string of the molecule is C=C(C)COc1ccccc1CN(C)C(C)Cc1ccccn1. The lowest BCUT2D eigenvalue weighted by molar-refractivity contribution is 0.241. The van der Waals surface area contributed by atoms with Gasteiger partial charge in [0, 0.05) is 36.5 Å². The van der Waals surface area contributed by atoms with E-state index in [2.05, 4.69) is 48.6 Å². The van der Waals surface area contributed by atoms with Gasteiger partial charge in [0.1, 0.15) is 12.4 Å². The molecule has 3 nitrogen and oxygen atoms in total. The molecular formula is C20H26N2O. The second-order valence-electron chi connectivity index (χ2n) is 6.14. The minimum atomic E-state index is 0.402. The van der Waals surface area contributed by atoms with E-state index in [1.807, 2.05) is 37.4 Å². The highest BCUT2D eigenvalue weighted by molar-refractivity contribution is 5.33. The second-order valence-corrected chi connectivity index (χ2v) is 6.14. The van der Waals surface area contributed by atoms with Crippen LogP contribution in [-0.4, -0.2) is 29.6 Å². The zero-order valence-electron chi connectivity index (χ0n) is 14.3. The molecule has 122 valence electrons. The summed E-state index contributed by atoms with van der Waals surface area (Å²) in [5.41, 5.74) is 3.35. The molecule has 3 heteroatoms. The molecule has 1 atom stereocenters.